The van der Waals surface area contributed by atoms with Gasteiger partial charge < -0.3 is 9.84 Å². The number of aromatic carboxylic acids is 1. The Morgan fingerprint density at radius 1 is 1.14 bits per heavy atom. The zero-order valence-electron chi connectivity index (χ0n) is 13.0. The molecule has 1 aliphatic heterocycles. The number of carbonyl (C=O) groups excluding carboxylic acids is 1. The largest absolute Gasteiger partial charge is 0.478 e. The molecule has 1 heterocycles. The number of carbonyl (C=O) groups is 2. The average molecular weight is 291 g/mol. The molecule has 5 nitrogen and oxygen atoms in total. The normalized spacial score (nSPS) is 21.1. The second-order valence-electron chi connectivity index (χ2n) is 6.39. The fourth-order valence-electron chi connectivity index (χ4n) is 2.72. The molecule has 0 aliphatic carbocycles. The summed E-state index contributed by atoms with van der Waals surface area (Å²) in [6, 6.07) is 4.66. The number of rotatable bonds is 1. The van der Waals surface area contributed by atoms with Gasteiger partial charge in [-0.15, -0.1) is 0 Å². The minimum atomic E-state index is -0.964. The van der Waals surface area contributed by atoms with Gasteiger partial charge in [0, 0.05) is 0 Å². The molecule has 5 heteroatoms. The van der Waals surface area contributed by atoms with Gasteiger partial charge in [0.2, 0.25) is 0 Å². The van der Waals surface area contributed by atoms with Gasteiger partial charge in [-0.05, 0) is 57.9 Å². The minimum absolute atomic E-state index is 0.132. The van der Waals surface area contributed by atoms with Crippen LogP contribution < -0.4 is 0 Å². The van der Waals surface area contributed by atoms with Crippen molar-refractivity contribution < 1.29 is 19.4 Å². The van der Waals surface area contributed by atoms with Crippen LogP contribution >= 0.6 is 0 Å². The third-order valence-electron chi connectivity index (χ3n) is 3.67. The lowest BCUT2D eigenvalue weighted by Gasteiger charge is -2.30. The quantitative estimate of drug-likeness (QED) is 0.855. The summed E-state index contributed by atoms with van der Waals surface area (Å²) in [7, 11) is 0. The maximum absolute atomic E-state index is 12.4. The van der Waals surface area contributed by atoms with Crippen molar-refractivity contribution in [1.29, 1.82) is 0 Å². The van der Waals surface area contributed by atoms with E-state index in [0.717, 1.165) is 11.1 Å². The van der Waals surface area contributed by atoms with E-state index in [9.17, 15) is 9.59 Å². The maximum Gasteiger partial charge on any atom is 0.411 e. The highest BCUT2D eigenvalue weighted by molar-refractivity contribution is 5.88. The molecule has 0 radical (unpaired) electrons. The van der Waals surface area contributed by atoms with Crippen molar-refractivity contribution in [2.45, 2.75) is 52.3 Å². The molecule has 0 fully saturated rings. The van der Waals surface area contributed by atoms with Crippen LogP contribution in [-0.4, -0.2) is 27.7 Å². The highest BCUT2D eigenvalue weighted by atomic mass is 16.6. The number of fused-ring (bicyclic) bond motifs is 1. The van der Waals surface area contributed by atoms with Crippen LogP contribution in [-0.2, 0) is 4.74 Å². The summed E-state index contributed by atoms with van der Waals surface area (Å²) in [4.78, 5) is 25.1. The molecule has 2 rings (SSSR count). The first-order valence-corrected chi connectivity index (χ1v) is 7.00. The SMILES string of the molecule is CC1c2ccc(C(=O)O)cc2C(C)N1C(=O)OC(C)(C)C. The predicted molar refractivity (Wildman–Crippen MR) is 78.3 cm³/mol. The fraction of sp³-hybridized carbons (Fsp3) is 0.500. The van der Waals surface area contributed by atoms with Crippen molar-refractivity contribution in [3.8, 4) is 0 Å². The van der Waals surface area contributed by atoms with E-state index in [0.29, 0.717) is 0 Å². The number of carboxylic acid groups (broad SMARTS) is 1. The lowest BCUT2D eigenvalue weighted by atomic mass is 10.0. The lowest BCUT2D eigenvalue weighted by Crippen LogP contribution is -2.36. The zero-order valence-corrected chi connectivity index (χ0v) is 13.0. The van der Waals surface area contributed by atoms with E-state index >= 15 is 0 Å². The molecule has 1 aromatic rings. The van der Waals surface area contributed by atoms with Crippen molar-refractivity contribution in [3.63, 3.8) is 0 Å². The topological polar surface area (TPSA) is 66.8 Å². The number of nitrogens with zero attached hydrogens (tertiary/aromatic N) is 1. The molecule has 0 saturated carbocycles. The van der Waals surface area contributed by atoms with Gasteiger partial charge in [0.25, 0.3) is 0 Å². The summed E-state index contributed by atoms with van der Waals surface area (Å²) in [5.41, 5.74) is 1.52. The second-order valence-corrected chi connectivity index (χ2v) is 6.39. The van der Waals surface area contributed by atoms with Crippen molar-refractivity contribution in [2.24, 2.45) is 0 Å². The Bertz CT molecular complexity index is 588. The van der Waals surface area contributed by atoms with Gasteiger partial charge in [0.05, 0.1) is 17.6 Å². The first-order valence-electron chi connectivity index (χ1n) is 7.00. The van der Waals surface area contributed by atoms with Crippen molar-refractivity contribution >= 4 is 12.1 Å². The Morgan fingerprint density at radius 2 is 1.71 bits per heavy atom. The Hall–Kier alpha value is -2.04. The van der Waals surface area contributed by atoms with Gasteiger partial charge in [0.1, 0.15) is 5.60 Å². The summed E-state index contributed by atoms with van der Waals surface area (Å²) in [6.07, 6.45) is -0.379. The first-order chi connectivity index (χ1) is 9.61. The monoisotopic (exact) mass is 291 g/mol. The van der Waals surface area contributed by atoms with E-state index in [2.05, 4.69) is 0 Å². The lowest BCUT2D eigenvalue weighted by molar-refractivity contribution is 0.0125. The van der Waals surface area contributed by atoms with E-state index in [1.807, 2.05) is 34.6 Å². The Morgan fingerprint density at radius 3 is 2.24 bits per heavy atom. The van der Waals surface area contributed by atoms with Crippen LogP contribution in [0.15, 0.2) is 18.2 Å². The predicted octanol–water partition coefficient (Wildman–Crippen LogP) is 3.76. The fourth-order valence-corrected chi connectivity index (χ4v) is 2.72. The second kappa shape index (κ2) is 5.06. The van der Waals surface area contributed by atoms with Crippen LogP contribution in [0.3, 0.4) is 0 Å². The number of ether oxygens (including phenoxy) is 1. The number of amides is 1. The van der Waals surface area contributed by atoms with Crippen LogP contribution in [0.25, 0.3) is 0 Å². The van der Waals surface area contributed by atoms with E-state index in [-0.39, 0.29) is 23.7 Å². The molecule has 0 spiro atoms. The average Bonchev–Trinajstić information content (AvgIpc) is 2.59. The van der Waals surface area contributed by atoms with Crippen LogP contribution in [0.4, 0.5) is 4.79 Å². The third kappa shape index (κ3) is 2.86. The molecular weight excluding hydrogens is 270 g/mol. The van der Waals surface area contributed by atoms with Crippen LogP contribution in [0.1, 0.15) is 68.2 Å². The summed E-state index contributed by atoms with van der Waals surface area (Å²) >= 11 is 0. The zero-order chi connectivity index (χ0) is 15.9. The molecule has 0 aromatic heterocycles. The Kier molecular flexibility index (Phi) is 3.70. The highest BCUT2D eigenvalue weighted by Gasteiger charge is 2.38. The number of hydrogen-bond acceptors (Lipinski definition) is 3. The van der Waals surface area contributed by atoms with Gasteiger partial charge in [-0.3, -0.25) is 4.90 Å². The van der Waals surface area contributed by atoms with Gasteiger partial charge in [-0.2, -0.15) is 0 Å². The van der Waals surface area contributed by atoms with Gasteiger partial charge in [-0.1, -0.05) is 6.07 Å². The number of carboxylic acids is 1. The van der Waals surface area contributed by atoms with Gasteiger partial charge >= 0.3 is 12.1 Å². The molecule has 1 aliphatic rings. The molecule has 1 amide bonds. The van der Waals surface area contributed by atoms with Gasteiger partial charge in [-0.25, -0.2) is 9.59 Å². The van der Waals surface area contributed by atoms with E-state index in [1.54, 1.807) is 23.1 Å². The molecule has 2 unspecified atom stereocenters. The summed E-state index contributed by atoms with van der Waals surface area (Å²) in [5.74, 6) is -0.964. The van der Waals surface area contributed by atoms with Crippen molar-refractivity contribution in [2.75, 3.05) is 0 Å². The smallest absolute Gasteiger partial charge is 0.411 e. The molecule has 0 bridgehead atoms. The highest BCUT2D eigenvalue weighted by Crippen LogP contribution is 2.42. The van der Waals surface area contributed by atoms with Crippen LogP contribution in [0, 0.1) is 0 Å². The molecule has 1 N–H and O–H groups in total. The molecule has 2 atom stereocenters. The summed E-state index contributed by atoms with van der Waals surface area (Å²) in [5, 5.41) is 9.09. The minimum Gasteiger partial charge on any atom is -0.478 e. The Balaban J connectivity index is 2.33. The van der Waals surface area contributed by atoms with E-state index in [1.165, 1.54) is 0 Å². The number of benzene rings is 1. The van der Waals surface area contributed by atoms with E-state index < -0.39 is 11.6 Å². The maximum atomic E-state index is 12.4. The van der Waals surface area contributed by atoms with Gasteiger partial charge in [0.15, 0.2) is 0 Å². The molecule has 0 saturated heterocycles. The Labute approximate surface area is 124 Å². The molecule has 21 heavy (non-hydrogen) atoms. The first kappa shape index (κ1) is 15.4. The summed E-state index contributed by atoms with van der Waals surface area (Å²) < 4.78 is 5.44. The third-order valence-corrected chi connectivity index (χ3v) is 3.67. The molecular formula is C16H21NO4. The number of hydrogen-bond donors (Lipinski definition) is 1. The van der Waals surface area contributed by atoms with Crippen LogP contribution in [0.2, 0.25) is 0 Å². The van der Waals surface area contributed by atoms with E-state index in [4.69, 9.17) is 9.84 Å². The summed E-state index contributed by atoms with van der Waals surface area (Å²) in [6.45, 7) is 9.29. The standard InChI is InChI=1S/C16H21NO4/c1-9-12-7-6-11(14(18)19)8-13(12)10(2)17(9)15(20)21-16(3,4)5/h6-10H,1-5H3,(H,18,19). The van der Waals surface area contributed by atoms with Crippen LogP contribution in [0.5, 0.6) is 0 Å². The molecule has 114 valence electrons. The van der Waals surface area contributed by atoms with Crippen molar-refractivity contribution in [1.82, 2.24) is 4.90 Å². The molecule has 1 aromatic carbocycles. The van der Waals surface area contributed by atoms with Crippen molar-refractivity contribution in [3.05, 3.63) is 34.9 Å².